The SMILES string of the molecule is C[C@@H](NC(=O)N1CCC[C@H]1C(=O)O)c1cccc2ccccc12. The second-order valence-electron chi connectivity index (χ2n) is 5.93. The van der Waals surface area contributed by atoms with Crippen LogP contribution in [0, 0.1) is 0 Å². The third-order valence-electron chi connectivity index (χ3n) is 4.43. The van der Waals surface area contributed by atoms with E-state index in [-0.39, 0.29) is 12.1 Å². The lowest BCUT2D eigenvalue weighted by Gasteiger charge is -2.25. The Bertz CT molecular complexity index is 739. The predicted octanol–water partition coefficient (Wildman–Crippen LogP) is 3.16. The van der Waals surface area contributed by atoms with Gasteiger partial charge in [-0.3, -0.25) is 0 Å². The van der Waals surface area contributed by atoms with Crippen LogP contribution in [0.3, 0.4) is 0 Å². The smallest absolute Gasteiger partial charge is 0.326 e. The first-order valence-corrected chi connectivity index (χ1v) is 7.85. The van der Waals surface area contributed by atoms with Gasteiger partial charge in [-0.2, -0.15) is 0 Å². The van der Waals surface area contributed by atoms with Gasteiger partial charge in [-0.1, -0.05) is 42.5 Å². The number of aliphatic carboxylic acids is 1. The summed E-state index contributed by atoms with van der Waals surface area (Å²) in [5.41, 5.74) is 1.03. The summed E-state index contributed by atoms with van der Waals surface area (Å²) >= 11 is 0. The largest absolute Gasteiger partial charge is 0.480 e. The van der Waals surface area contributed by atoms with Crippen LogP contribution in [-0.4, -0.2) is 34.6 Å². The molecule has 1 heterocycles. The molecule has 0 saturated carbocycles. The molecule has 2 aromatic carbocycles. The summed E-state index contributed by atoms with van der Waals surface area (Å²) in [4.78, 5) is 25.1. The Hall–Kier alpha value is -2.56. The summed E-state index contributed by atoms with van der Waals surface area (Å²) in [5.74, 6) is -0.935. The van der Waals surface area contributed by atoms with Crippen LogP contribution in [0.2, 0.25) is 0 Å². The molecule has 2 amide bonds. The molecule has 1 aliphatic rings. The van der Waals surface area contributed by atoms with E-state index in [0.29, 0.717) is 13.0 Å². The molecule has 120 valence electrons. The highest BCUT2D eigenvalue weighted by molar-refractivity contribution is 5.87. The van der Waals surface area contributed by atoms with Gasteiger partial charge in [0, 0.05) is 6.54 Å². The van der Waals surface area contributed by atoms with Crippen molar-refractivity contribution in [2.24, 2.45) is 0 Å². The number of amides is 2. The van der Waals surface area contributed by atoms with Gasteiger partial charge in [0.15, 0.2) is 0 Å². The second kappa shape index (κ2) is 6.28. The fourth-order valence-electron chi connectivity index (χ4n) is 3.24. The van der Waals surface area contributed by atoms with E-state index < -0.39 is 12.0 Å². The molecule has 2 aromatic rings. The van der Waals surface area contributed by atoms with Crippen LogP contribution in [0.4, 0.5) is 4.79 Å². The Kier molecular flexibility index (Phi) is 4.19. The third kappa shape index (κ3) is 2.99. The van der Waals surface area contributed by atoms with Crippen molar-refractivity contribution in [2.45, 2.75) is 31.8 Å². The second-order valence-corrected chi connectivity index (χ2v) is 5.93. The fraction of sp³-hybridized carbons (Fsp3) is 0.333. The number of hydrogen-bond acceptors (Lipinski definition) is 2. The first kappa shape index (κ1) is 15.3. The van der Waals surface area contributed by atoms with E-state index >= 15 is 0 Å². The first-order valence-electron chi connectivity index (χ1n) is 7.85. The molecule has 0 bridgehead atoms. The number of carboxylic acids is 1. The van der Waals surface area contributed by atoms with Crippen molar-refractivity contribution in [3.05, 3.63) is 48.0 Å². The van der Waals surface area contributed by atoms with Crippen molar-refractivity contribution in [1.82, 2.24) is 10.2 Å². The monoisotopic (exact) mass is 312 g/mol. The average Bonchev–Trinajstić information content (AvgIpc) is 3.04. The summed E-state index contributed by atoms with van der Waals surface area (Å²) in [6.45, 7) is 2.41. The molecule has 23 heavy (non-hydrogen) atoms. The number of carbonyl (C=O) groups is 2. The lowest BCUT2D eigenvalue weighted by molar-refractivity contribution is -0.141. The number of carboxylic acid groups (broad SMARTS) is 1. The van der Waals surface area contributed by atoms with E-state index in [9.17, 15) is 14.7 Å². The summed E-state index contributed by atoms with van der Waals surface area (Å²) < 4.78 is 0. The quantitative estimate of drug-likeness (QED) is 0.914. The zero-order valence-electron chi connectivity index (χ0n) is 13.0. The Morgan fingerprint density at radius 3 is 2.74 bits per heavy atom. The maximum absolute atomic E-state index is 12.4. The minimum atomic E-state index is -0.935. The fourth-order valence-corrected chi connectivity index (χ4v) is 3.24. The number of urea groups is 1. The Labute approximate surface area is 134 Å². The Morgan fingerprint density at radius 2 is 1.96 bits per heavy atom. The number of hydrogen-bond donors (Lipinski definition) is 2. The van der Waals surface area contributed by atoms with E-state index in [2.05, 4.69) is 5.32 Å². The molecular formula is C18H20N2O3. The highest BCUT2D eigenvalue weighted by atomic mass is 16.4. The van der Waals surface area contributed by atoms with E-state index in [1.807, 2.05) is 49.4 Å². The Balaban J connectivity index is 1.79. The minimum absolute atomic E-state index is 0.191. The van der Waals surface area contributed by atoms with Crippen molar-refractivity contribution in [1.29, 1.82) is 0 Å². The molecule has 2 atom stereocenters. The maximum Gasteiger partial charge on any atom is 0.326 e. The van der Waals surface area contributed by atoms with Crippen molar-refractivity contribution in [3.8, 4) is 0 Å². The number of nitrogens with one attached hydrogen (secondary N) is 1. The molecule has 2 N–H and O–H groups in total. The molecular weight excluding hydrogens is 292 g/mol. The van der Waals surface area contributed by atoms with Crippen molar-refractivity contribution in [3.63, 3.8) is 0 Å². The molecule has 0 spiro atoms. The molecule has 5 heteroatoms. The standard InChI is InChI=1S/C18H20N2O3/c1-12(14-9-4-7-13-6-2-3-8-15(13)14)19-18(23)20-11-5-10-16(20)17(21)22/h2-4,6-9,12,16H,5,10-11H2,1H3,(H,19,23)(H,21,22)/t12-,16+/m1/s1. The van der Waals surface area contributed by atoms with Gasteiger partial charge in [-0.15, -0.1) is 0 Å². The summed E-state index contributed by atoms with van der Waals surface area (Å²) in [7, 11) is 0. The lowest BCUT2D eigenvalue weighted by atomic mass is 10.00. The van der Waals surface area contributed by atoms with E-state index in [0.717, 1.165) is 22.8 Å². The highest BCUT2D eigenvalue weighted by Gasteiger charge is 2.34. The van der Waals surface area contributed by atoms with Gasteiger partial charge >= 0.3 is 12.0 Å². The zero-order valence-corrected chi connectivity index (χ0v) is 13.0. The van der Waals surface area contributed by atoms with Crippen LogP contribution in [0.5, 0.6) is 0 Å². The molecule has 1 fully saturated rings. The van der Waals surface area contributed by atoms with Crippen LogP contribution in [0.25, 0.3) is 10.8 Å². The van der Waals surface area contributed by atoms with Gasteiger partial charge in [-0.25, -0.2) is 9.59 Å². The molecule has 3 rings (SSSR count). The summed E-state index contributed by atoms with van der Waals surface area (Å²) in [6.07, 6.45) is 1.25. The number of benzene rings is 2. The van der Waals surface area contributed by atoms with Crippen molar-refractivity contribution >= 4 is 22.8 Å². The van der Waals surface area contributed by atoms with Gasteiger partial charge < -0.3 is 15.3 Å². The van der Waals surface area contributed by atoms with Gasteiger partial charge in [0.2, 0.25) is 0 Å². The minimum Gasteiger partial charge on any atom is -0.480 e. The van der Waals surface area contributed by atoms with E-state index in [1.54, 1.807) is 0 Å². The van der Waals surface area contributed by atoms with Crippen LogP contribution in [0.15, 0.2) is 42.5 Å². The Morgan fingerprint density at radius 1 is 1.22 bits per heavy atom. The molecule has 0 aromatic heterocycles. The molecule has 0 radical (unpaired) electrons. The van der Waals surface area contributed by atoms with Gasteiger partial charge in [-0.05, 0) is 36.1 Å². The maximum atomic E-state index is 12.4. The van der Waals surface area contributed by atoms with E-state index in [4.69, 9.17) is 0 Å². The zero-order chi connectivity index (χ0) is 16.4. The number of fused-ring (bicyclic) bond motifs is 1. The number of likely N-dealkylation sites (tertiary alicyclic amines) is 1. The van der Waals surface area contributed by atoms with Crippen LogP contribution in [-0.2, 0) is 4.79 Å². The number of carbonyl (C=O) groups excluding carboxylic acids is 1. The predicted molar refractivity (Wildman–Crippen MR) is 88.3 cm³/mol. The topological polar surface area (TPSA) is 69.6 Å². The normalized spacial score (nSPS) is 18.8. The van der Waals surface area contributed by atoms with Crippen molar-refractivity contribution < 1.29 is 14.7 Å². The molecule has 0 aliphatic carbocycles. The molecule has 5 nitrogen and oxygen atoms in total. The molecule has 1 aliphatic heterocycles. The third-order valence-corrected chi connectivity index (χ3v) is 4.43. The van der Waals surface area contributed by atoms with Crippen LogP contribution >= 0.6 is 0 Å². The van der Waals surface area contributed by atoms with Crippen LogP contribution < -0.4 is 5.32 Å². The van der Waals surface area contributed by atoms with E-state index in [1.165, 1.54) is 4.90 Å². The van der Waals surface area contributed by atoms with Crippen molar-refractivity contribution in [2.75, 3.05) is 6.54 Å². The summed E-state index contributed by atoms with van der Waals surface area (Å²) in [6, 6.07) is 12.8. The van der Waals surface area contributed by atoms with Gasteiger partial charge in [0.25, 0.3) is 0 Å². The van der Waals surface area contributed by atoms with Crippen LogP contribution in [0.1, 0.15) is 31.4 Å². The first-order chi connectivity index (χ1) is 11.1. The number of nitrogens with zero attached hydrogens (tertiary/aromatic N) is 1. The molecule has 1 saturated heterocycles. The average molecular weight is 312 g/mol. The number of rotatable bonds is 3. The van der Waals surface area contributed by atoms with Gasteiger partial charge in [0.1, 0.15) is 6.04 Å². The summed E-state index contributed by atoms with van der Waals surface area (Å²) in [5, 5.41) is 14.4. The molecule has 0 unspecified atom stereocenters. The highest BCUT2D eigenvalue weighted by Crippen LogP contribution is 2.25. The van der Waals surface area contributed by atoms with Gasteiger partial charge in [0.05, 0.1) is 6.04 Å². The lowest BCUT2D eigenvalue weighted by Crippen LogP contribution is -2.46.